The summed E-state index contributed by atoms with van der Waals surface area (Å²) in [6.07, 6.45) is 5.15. The molecule has 0 unspecified atom stereocenters. The summed E-state index contributed by atoms with van der Waals surface area (Å²) >= 11 is 0. The van der Waals surface area contributed by atoms with E-state index in [9.17, 15) is 13.7 Å². The second kappa shape index (κ2) is 10.2. The van der Waals surface area contributed by atoms with Crippen LogP contribution in [-0.4, -0.2) is 32.3 Å². The molecule has 2 heterocycles. The normalized spacial score (nSPS) is 16.6. The molecule has 1 aromatic heterocycles. The molecule has 38 heavy (non-hydrogen) atoms. The molecule has 0 spiro atoms. The van der Waals surface area contributed by atoms with Crippen molar-refractivity contribution in [3.05, 3.63) is 78.4 Å². The number of nitriles is 1. The molecule has 1 saturated heterocycles. The Balaban J connectivity index is 1.37. The maximum Gasteiger partial charge on any atom is 0.261 e. The van der Waals surface area contributed by atoms with Crippen LogP contribution in [0.25, 0.3) is 22.2 Å². The molecule has 0 atom stereocenters. The van der Waals surface area contributed by atoms with Gasteiger partial charge >= 0.3 is 0 Å². The summed E-state index contributed by atoms with van der Waals surface area (Å²) in [5.41, 5.74) is 3.84. The Bertz CT molecular complexity index is 1600. The third-order valence-corrected chi connectivity index (χ3v) is 8.86. The minimum atomic E-state index is -3.69. The van der Waals surface area contributed by atoms with Gasteiger partial charge in [0.15, 0.2) is 0 Å². The lowest BCUT2D eigenvalue weighted by Gasteiger charge is -2.30. The molecule has 7 nitrogen and oxygen atoms in total. The number of hydrogen-bond donors (Lipinski definition) is 1. The van der Waals surface area contributed by atoms with Crippen molar-refractivity contribution in [3.63, 3.8) is 0 Å². The molecule has 0 radical (unpaired) electrons. The highest BCUT2D eigenvalue weighted by molar-refractivity contribution is 7.92. The smallest absolute Gasteiger partial charge is 0.261 e. The Labute approximate surface area is 222 Å². The Morgan fingerprint density at radius 1 is 0.947 bits per heavy atom. The van der Waals surface area contributed by atoms with Gasteiger partial charge in [0, 0.05) is 36.0 Å². The minimum absolute atomic E-state index is 0.135. The summed E-state index contributed by atoms with van der Waals surface area (Å²) in [5.74, 6) is 0.809. The summed E-state index contributed by atoms with van der Waals surface area (Å²) < 4.78 is 42.2. The Hall–Kier alpha value is -3.80. The van der Waals surface area contributed by atoms with E-state index in [4.69, 9.17) is 9.47 Å². The molecule has 0 bridgehead atoms. The molecule has 3 aromatic carbocycles. The number of fused-ring (bicyclic) bond motifs is 1. The van der Waals surface area contributed by atoms with E-state index in [1.165, 1.54) is 0 Å². The van der Waals surface area contributed by atoms with Crippen LogP contribution in [0.4, 0.5) is 5.69 Å². The Morgan fingerprint density at radius 3 is 2.34 bits per heavy atom. The van der Waals surface area contributed by atoms with Gasteiger partial charge in [-0.1, -0.05) is 30.3 Å². The summed E-state index contributed by atoms with van der Waals surface area (Å²) in [6, 6.07) is 24.3. The van der Waals surface area contributed by atoms with Crippen molar-refractivity contribution in [2.75, 3.05) is 17.9 Å². The van der Waals surface area contributed by atoms with Crippen molar-refractivity contribution >= 4 is 26.6 Å². The zero-order chi connectivity index (χ0) is 26.1. The van der Waals surface area contributed by atoms with E-state index in [-0.39, 0.29) is 11.0 Å². The average Bonchev–Trinajstić information content (AvgIpc) is 3.22. The zero-order valence-electron chi connectivity index (χ0n) is 21.0. The van der Waals surface area contributed by atoms with E-state index in [1.807, 2.05) is 24.3 Å². The number of ether oxygens (including phenoxy) is 2. The van der Waals surface area contributed by atoms with Gasteiger partial charge in [0.2, 0.25) is 0 Å². The van der Waals surface area contributed by atoms with Crippen molar-refractivity contribution in [3.8, 4) is 23.1 Å². The van der Waals surface area contributed by atoms with Gasteiger partial charge in [-0.25, -0.2) is 8.42 Å². The molecular formula is C30H29N3O4S. The molecule has 2 aliphatic rings. The highest BCUT2D eigenvalue weighted by Gasteiger charge is 2.28. The van der Waals surface area contributed by atoms with E-state index in [0.717, 1.165) is 60.0 Å². The number of aromatic nitrogens is 1. The Kier molecular flexibility index (Phi) is 6.56. The number of anilines is 1. The molecule has 1 N–H and O–H groups in total. The summed E-state index contributed by atoms with van der Waals surface area (Å²) in [4.78, 5) is 0.208. The lowest BCUT2D eigenvalue weighted by atomic mass is 9.92. The van der Waals surface area contributed by atoms with Crippen molar-refractivity contribution in [1.82, 2.24) is 4.57 Å². The number of rotatable bonds is 7. The molecule has 2 fully saturated rings. The van der Waals surface area contributed by atoms with Crippen LogP contribution >= 0.6 is 0 Å². The molecule has 1 aliphatic heterocycles. The fourth-order valence-electron chi connectivity index (χ4n) is 5.28. The van der Waals surface area contributed by atoms with Crippen LogP contribution in [0.3, 0.4) is 0 Å². The van der Waals surface area contributed by atoms with Crippen LogP contribution in [0.15, 0.2) is 77.7 Å². The SMILES string of the molecule is N#Cc1c(-c2ccc(NS(=O)(=O)c3ccccc3)cc2)n(C2CCC2)c2cc(OC3CCOCC3)ccc12. The van der Waals surface area contributed by atoms with Gasteiger partial charge in [0.25, 0.3) is 10.0 Å². The second-order valence-electron chi connectivity index (χ2n) is 9.89. The van der Waals surface area contributed by atoms with Gasteiger partial charge in [-0.2, -0.15) is 5.26 Å². The number of hydrogen-bond acceptors (Lipinski definition) is 5. The van der Waals surface area contributed by atoms with E-state index < -0.39 is 10.0 Å². The average molecular weight is 528 g/mol. The third-order valence-electron chi connectivity index (χ3n) is 7.46. The third kappa shape index (κ3) is 4.64. The predicted octanol–water partition coefficient (Wildman–Crippen LogP) is 6.26. The molecule has 1 aliphatic carbocycles. The fraction of sp³-hybridized carbons (Fsp3) is 0.300. The number of sulfonamides is 1. The zero-order valence-corrected chi connectivity index (χ0v) is 21.8. The van der Waals surface area contributed by atoms with Crippen LogP contribution in [0, 0.1) is 11.3 Å². The van der Waals surface area contributed by atoms with Crippen LogP contribution in [0.5, 0.6) is 5.75 Å². The fourth-order valence-corrected chi connectivity index (χ4v) is 6.36. The van der Waals surface area contributed by atoms with Gasteiger partial charge < -0.3 is 14.0 Å². The lowest BCUT2D eigenvalue weighted by molar-refractivity contribution is 0.0256. The van der Waals surface area contributed by atoms with Gasteiger partial charge in [0.05, 0.1) is 34.9 Å². The molecule has 4 aromatic rings. The van der Waals surface area contributed by atoms with Crippen molar-refractivity contribution in [2.24, 2.45) is 0 Å². The van der Waals surface area contributed by atoms with Crippen LogP contribution in [0.1, 0.15) is 43.7 Å². The molecule has 0 amide bonds. The van der Waals surface area contributed by atoms with E-state index in [1.54, 1.807) is 42.5 Å². The number of benzene rings is 3. The van der Waals surface area contributed by atoms with Crippen molar-refractivity contribution < 1.29 is 17.9 Å². The predicted molar refractivity (Wildman–Crippen MR) is 147 cm³/mol. The van der Waals surface area contributed by atoms with Gasteiger partial charge in [-0.3, -0.25) is 4.72 Å². The maximum absolute atomic E-state index is 12.8. The summed E-state index contributed by atoms with van der Waals surface area (Å²) in [6.45, 7) is 1.43. The first-order valence-corrected chi connectivity index (χ1v) is 14.5. The van der Waals surface area contributed by atoms with Gasteiger partial charge in [-0.15, -0.1) is 0 Å². The topological polar surface area (TPSA) is 93.4 Å². The maximum atomic E-state index is 12.8. The van der Waals surface area contributed by atoms with E-state index >= 15 is 0 Å². The highest BCUT2D eigenvalue weighted by atomic mass is 32.2. The van der Waals surface area contributed by atoms with Crippen LogP contribution in [0.2, 0.25) is 0 Å². The largest absolute Gasteiger partial charge is 0.490 e. The van der Waals surface area contributed by atoms with Gasteiger partial charge in [0.1, 0.15) is 17.9 Å². The second-order valence-corrected chi connectivity index (χ2v) is 11.6. The standard InChI is InChI=1S/C30H29N3O4S/c31-20-28-27-14-13-25(37-24-15-17-36-18-16-24)19-29(27)33(23-5-4-6-23)30(28)21-9-11-22(12-10-21)32-38(34,35)26-7-2-1-3-8-26/h1-3,7-14,19,23-24,32H,4-6,15-18H2. The number of nitrogens with zero attached hydrogens (tertiary/aromatic N) is 2. The first kappa shape index (κ1) is 24.5. The van der Waals surface area contributed by atoms with E-state index in [0.29, 0.717) is 30.5 Å². The molecule has 8 heteroatoms. The number of nitrogens with one attached hydrogen (secondary N) is 1. The van der Waals surface area contributed by atoms with E-state index in [2.05, 4.69) is 21.4 Å². The minimum Gasteiger partial charge on any atom is -0.490 e. The summed E-state index contributed by atoms with van der Waals surface area (Å²) in [5, 5.41) is 11.1. The van der Waals surface area contributed by atoms with Gasteiger partial charge in [-0.05, 0) is 61.2 Å². The van der Waals surface area contributed by atoms with Crippen molar-refractivity contribution in [1.29, 1.82) is 5.26 Å². The molecule has 6 rings (SSSR count). The molecule has 1 saturated carbocycles. The first-order valence-electron chi connectivity index (χ1n) is 13.0. The molecular weight excluding hydrogens is 498 g/mol. The highest BCUT2D eigenvalue weighted by Crippen LogP contribution is 2.43. The van der Waals surface area contributed by atoms with Crippen LogP contribution in [-0.2, 0) is 14.8 Å². The molecule has 194 valence electrons. The quantitative estimate of drug-likeness (QED) is 0.306. The van der Waals surface area contributed by atoms with Crippen molar-refractivity contribution in [2.45, 2.75) is 49.1 Å². The monoisotopic (exact) mass is 527 g/mol. The van der Waals surface area contributed by atoms with Crippen LogP contribution < -0.4 is 9.46 Å². The Morgan fingerprint density at radius 2 is 1.68 bits per heavy atom. The lowest BCUT2D eigenvalue weighted by Crippen LogP contribution is -2.25. The summed E-state index contributed by atoms with van der Waals surface area (Å²) in [7, 11) is -3.69. The first-order chi connectivity index (χ1) is 18.5.